The van der Waals surface area contributed by atoms with Crippen molar-refractivity contribution in [2.45, 2.75) is 56.5 Å². The molecular weight excluding hydrogens is 530 g/mol. The Hall–Kier alpha value is -4.41. The van der Waals surface area contributed by atoms with Crippen LogP contribution in [0.15, 0.2) is 66.9 Å². The molecule has 4 N–H and O–H groups in total. The second kappa shape index (κ2) is 15.0. The van der Waals surface area contributed by atoms with Crippen molar-refractivity contribution >= 4 is 28.2 Å². The molecule has 9 nitrogen and oxygen atoms in total. The predicted molar refractivity (Wildman–Crippen MR) is 164 cm³/mol. The van der Waals surface area contributed by atoms with Gasteiger partial charge in [-0.05, 0) is 69.3 Å². The van der Waals surface area contributed by atoms with E-state index in [4.69, 9.17) is 15.9 Å². The number of amides is 1. The Morgan fingerprint density at radius 1 is 1.29 bits per heavy atom. The molecule has 2 aromatic carbocycles. The van der Waals surface area contributed by atoms with Crippen LogP contribution >= 0.6 is 0 Å². The number of unbranched alkanes of at least 4 members (excludes halogenated alkanes) is 2. The lowest BCUT2D eigenvalue weighted by Gasteiger charge is -2.34. The topological polar surface area (TPSA) is 129 Å². The smallest absolute Gasteiger partial charge is 0.248 e. The Bertz CT molecular complexity index is 1480. The first-order chi connectivity index (χ1) is 20.5. The molecule has 218 valence electrons. The first-order valence-corrected chi connectivity index (χ1v) is 14.2. The molecule has 0 unspecified atom stereocenters. The van der Waals surface area contributed by atoms with Crippen LogP contribution < -0.4 is 20.7 Å². The number of nitrogens with one attached hydrogen (secondary N) is 3. The summed E-state index contributed by atoms with van der Waals surface area (Å²) in [5.74, 6) is 2.58. The number of fused-ring (bicyclic) bond motifs is 1. The van der Waals surface area contributed by atoms with Gasteiger partial charge in [0.15, 0.2) is 0 Å². The average molecular weight is 568 g/mol. The van der Waals surface area contributed by atoms with Gasteiger partial charge in [-0.2, -0.15) is 5.26 Å². The normalized spacial score (nSPS) is 18.8. The fraction of sp³-hybridized carbons (Fsp3) is 0.364. The van der Waals surface area contributed by atoms with Gasteiger partial charge in [0.2, 0.25) is 17.7 Å². The summed E-state index contributed by atoms with van der Waals surface area (Å²) < 4.78 is 12.3. The predicted octanol–water partition coefficient (Wildman–Crippen LogP) is 4.74. The zero-order valence-corrected chi connectivity index (χ0v) is 23.8. The highest BCUT2D eigenvalue weighted by molar-refractivity contribution is 6.02. The molecule has 0 aliphatic carbocycles. The van der Waals surface area contributed by atoms with E-state index in [1.165, 1.54) is 6.08 Å². The molecule has 1 saturated heterocycles. The fourth-order valence-corrected chi connectivity index (χ4v) is 4.89. The monoisotopic (exact) mass is 567 g/mol. The van der Waals surface area contributed by atoms with Crippen LogP contribution in [0, 0.1) is 23.7 Å². The second-order valence-corrected chi connectivity index (χ2v) is 10.3. The number of hydrogen-bond acceptors (Lipinski definition) is 8. The van der Waals surface area contributed by atoms with Gasteiger partial charge in [0, 0.05) is 35.3 Å². The molecule has 0 bridgehead atoms. The number of carbonyl (C=O) groups is 1. The lowest BCUT2D eigenvalue weighted by atomic mass is 10.0. The van der Waals surface area contributed by atoms with E-state index in [-0.39, 0.29) is 5.91 Å². The van der Waals surface area contributed by atoms with Crippen LogP contribution in [0.4, 0.5) is 11.4 Å². The van der Waals surface area contributed by atoms with Gasteiger partial charge in [-0.3, -0.25) is 9.78 Å². The number of aliphatic hydroxyl groups excluding tert-OH is 1. The molecule has 42 heavy (non-hydrogen) atoms. The van der Waals surface area contributed by atoms with Gasteiger partial charge in [-0.25, -0.2) is 0 Å². The summed E-state index contributed by atoms with van der Waals surface area (Å²) in [6, 6.07) is 16.7. The maximum absolute atomic E-state index is 12.9. The number of carbonyl (C=O) groups excluding carboxylic acids is 1. The molecule has 0 saturated carbocycles. The first kappa shape index (κ1) is 30.5. The molecule has 3 aromatic rings. The quantitative estimate of drug-likeness (QED) is 0.0952. The van der Waals surface area contributed by atoms with Crippen LogP contribution in [-0.4, -0.2) is 54.1 Å². The number of rotatable bonds is 14. The standard InChI is InChI=1S/C33H37N5O4/c1-3-24-10-7-12-26(20-24)38-33(16-19-41-31(33)23-34)42-30-22-28-25(11-9-18-36-28)21-29(30)37-32(40)15-8-14-27(39)13-5-4-6-17-35-2/h1,7-12,15,18,20-22,27,31,35,38-39H,4-6,13-14,16-17,19H2,2H3,(H,37,40)/b15-8+/t27-,31-,33-/m0/s1. The molecule has 0 radical (unpaired) electrons. The molecule has 1 amide bonds. The summed E-state index contributed by atoms with van der Waals surface area (Å²) >= 11 is 0. The van der Waals surface area contributed by atoms with Gasteiger partial charge in [-0.15, -0.1) is 6.42 Å². The first-order valence-electron chi connectivity index (χ1n) is 14.2. The molecule has 1 aliphatic heterocycles. The highest BCUT2D eigenvalue weighted by atomic mass is 16.6. The van der Waals surface area contributed by atoms with E-state index in [9.17, 15) is 15.2 Å². The molecular formula is C33H37N5O4. The Morgan fingerprint density at radius 3 is 2.98 bits per heavy atom. The van der Waals surface area contributed by atoms with E-state index in [1.54, 1.807) is 30.5 Å². The number of nitriles is 1. The van der Waals surface area contributed by atoms with Gasteiger partial charge in [-0.1, -0.05) is 37.0 Å². The van der Waals surface area contributed by atoms with Crippen LogP contribution in [0.5, 0.6) is 5.75 Å². The molecule has 9 heteroatoms. The number of pyridine rings is 1. The minimum Gasteiger partial charge on any atom is -0.462 e. The number of ether oxygens (including phenoxy) is 2. The highest BCUT2D eigenvalue weighted by Gasteiger charge is 2.48. The van der Waals surface area contributed by atoms with Gasteiger partial charge in [0.1, 0.15) is 11.8 Å². The summed E-state index contributed by atoms with van der Waals surface area (Å²) in [6.07, 6.45) is 13.4. The number of terminal acetylenes is 1. The SMILES string of the molecule is C#Cc1cccc(N[C@]2(Oc3cc4ncccc4cc3NC(=O)/C=C/C[C@@H](O)CCCCCNC)CCO[C@H]2C#N)c1. The van der Waals surface area contributed by atoms with E-state index in [2.05, 4.69) is 32.9 Å². The van der Waals surface area contributed by atoms with Crippen LogP contribution in [-0.2, 0) is 9.53 Å². The average Bonchev–Trinajstić information content (AvgIpc) is 3.39. The summed E-state index contributed by atoms with van der Waals surface area (Å²) in [5, 5.41) is 30.4. The van der Waals surface area contributed by atoms with E-state index < -0.39 is 17.9 Å². The maximum Gasteiger partial charge on any atom is 0.248 e. The molecule has 1 fully saturated rings. The molecule has 1 aliphatic rings. The van der Waals surface area contributed by atoms with Gasteiger partial charge < -0.3 is 30.5 Å². The van der Waals surface area contributed by atoms with Gasteiger partial charge in [0.25, 0.3) is 0 Å². The largest absolute Gasteiger partial charge is 0.462 e. The highest BCUT2D eigenvalue weighted by Crippen LogP contribution is 2.38. The van der Waals surface area contributed by atoms with Crippen molar-refractivity contribution in [3.63, 3.8) is 0 Å². The minimum absolute atomic E-state index is 0.300. The number of aliphatic hydroxyl groups is 1. The van der Waals surface area contributed by atoms with Crippen LogP contribution in [0.2, 0.25) is 0 Å². The van der Waals surface area contributed by atoms with E-state index in [0.717, 1.165) is 31.2 Å². The second-order valence-electron chi connectivity index (χ2n) is 10.3. The van der Waals surface area contributed by atoms with Crippen LogP contribution in [0.1, 0.15) is 44.1 Å². The number of aromatic nitrogens is 1. The third-order valence-corrected chi connectivity index (χ3v) is 7.08. The third kappa shape index (κ3) is 8.08. The fourth-order valence-electron chi connectivity index (χ4n) is 4.89. The van der Waals surface area contributed by atoms with Crippen molar-refractivity contribution in [1.29, 1.82) is 5.26 Å². The number of benzene rings is 2. The summed E-state index contributed by atoms with van der Waals surface area (Å²) in [6.45, 7) is 1.27. The molecule has 2 heterocycles. The lowest BCUT2D eigenvalue weighted by Crippen LogP contribution is -2.50. The van der Waals surface area contributed by atoms with Crippen molar-refractivity contribution in [2.75, 3.05) is 30.8 Å². The van der Waals surface area contributed by atoms with Crippen molar-refractivity contribution in [1.82, 2.24) is 10.3 Å². The molecule has 3 atom stereocenters. The van der Waals surface area contributed by atoms with E-state index in [1.807, 2.05) is 37.4 Å². The van der Waals surface area contributed by atoms with Crippen LogP contribution in [0.25, 0.3) is 10.9 Å². The van der Waals surface area contributed by atoms with Crippen molar-refractivity contribution < 1.29 is 19.4 Å². The van der Waals surface area contributed by atoms with Crippen molar-refractivity contribution in [2.24, 2.45) is 0 Å². The third-order valence-electron chi connectivity index (χ3n) is 7.08. The zero-order valence-electron chi connectivity index (χ0n) is 23.8. The molecule has 0 spiro atoms. The Morgan fingerprint density at radius 2 is 2.17 bits per heavy atom. The Kier molecular flexibility index (Phi) is 10.9. The zero-order chi connectivity index (χ0) is 29.8. The van der Waals surface area contributed by atoms with Gasteiger partial charge >= 0.3 is 0 Å². The number of hydrogen-bond donors (Lipinski definition) is 4. The lowest BCUT2D eigenvalue weighted by molar-refractivity contribution is -0.112. The van der Waals surface area contributed by atoms with E-state index in [0.29, 0.717) is 54.1 Å². The Labute approximate surface area is 246 Å². The molecule has 4 rings (SSSR count). The molecule has 1 aromatic heterocycles. The number of anilines is 2. The van der Waals surface area contributed by atoms with Gasteiger partial charge in [0.05, 0.1) is 23.9 Å². The summed E-state index contributed by atoms with van der Waals surface area (Å²) in [7, 11) is 1.93. The summed E-state index contributed by atoms with van der Waals surface area (Å²) in [5.41, 5.74) is 1.17. The summed E-state index contributed by atoms with van der Waals surface area (Å²) in [4.78, 5) is 17.4. The minimum atomic E-state index is -1.25. The maximum atomic E-state index is 12.9. The van der Waals surface area contributed by atoms with Crippen molar-refractivity contribution in [3.05, 3.63) is 72.4 Å². The van der Waals surface area contributed by atoms with E-state index >= 15 is 0 Å². The van der Waals surface area contributed by atoms with Crippen LogP contribution in [0.3, 0.4) is 0 Å². The number of nitrogens with zero attached hydrogens (tertiary/aromatic N) is 2. The Balaban J connectivity index is 1.54. The van der Waals surface area contributed by atoms with Crippen molar-refractivity contribution in [3.8, 4) is 24.2 Å².